The zero-order valence-corrected chi connectivity index (χ0v) is 9.41. The van der Waals surface area contributed by atoms with Crippen LogP contribution < -0.4 is 11.1 Å². The van der Waals surface area contributed by atoms with Gasteiger partial charge in [0.1, 0.15) is 5.41 Å². The number of nitrogens with zero attached hydrogens (tertiary/aromatic N) is 1. The molecule has 5 heteroatoms. The molecule has 2 saturated carbocycles. The lowest BCUT2D eigenvalue weighted by Gasteiger charge is -2.25. The summed E-state index contributed by atoms with van der Waals surface area (Å²) in [6.07, 6.45) is 7.12. The molecule has 0 heterocycles. The van der Waals surface area contributed by atoms with Crippen LogP contribution in [0, 0.1) is 5.41 Å². The maximum absolute atomic E-state index is 12.0. The molecule has 4 N–H and O–H groups in total. The first-order valence-corrected chi connectivity index (χ1v) is 5.98. The molecule has 2 rings (SSSR count). The fraction of sp³-hybridized carbons (Fsp3) is 0.818. The van der Waals surface area contributed by atoms with E-state index >= 15 is 0 Å². The Kier molecular flexibility index (Phi) is 3.03. The molecule has 2 fully saturated rings. The Bertz CT molecular complexity index is 304. The van der Waals surface area contributed by atoms with Gasteiger partial charge in [-0.3, -0.25) is 4.79 Å². The molecule has 0 aromatic rings. The molecule has 5 nitrogen and oxygen atoms in total. The van der Waals surface area contributed by atoms with E-state index in [1.165, 1.54) is 19.3 Å². The lowest BCUT2D eigenvalue weighted by atomic mass is 9.94. The zero-order valence-electron chi connectivity index (χ0n) is 9.41. The first-order valence-electron chi connectivity index (χ1n) is 5.98. The minimum Gasteiger partial charge on any atom is -0.409 e. The van der Waals surface area contributed by atoms with E-state index in [1.807, 2.05) is 0 Å². The molecular weight excluding hydrogens is 206 g/mol. The summed E-state index contributed by atoms with van der Waals surface area (Å²) in [4.78, 5) is 12.0. The molecule has 0 spiro atoms. The van der Waals surface area contributed by atoms with Crippen molar-refractivity contribution >= 4 is 11.7 Å². The average molecular weight is 225 g/mol. The van der Waals surface area contributed by atoms with Gasteiger partial charge in [0, 0.05) is 6.04 Å². The van der Waals surface area contributed by atoms with Crippen LogP contribution in [-0.4, -0.2) is 23.0 Å². The number of nitrogens with two attached hydrogens (primary N) is 1. The average Bonchev–Trinajstić information content (AvgIpc) is 3.10. The Hall–Kier alpha value is -1.26. The van der Waals surface area contributed by atoms with Crippen molar-refractivity contribution in [2.75, 3.05) is 0 Å². The number of carbonyl (C=O) groups is 1. The number of amidine groups is 1. The summed E-state index contributed by atoms with van der Waals surface area (Å²) in [6.45, 7) is 0. The molecule has 0 aliphatic heterocycles. The first kappa shape index (κ1) is 11.2. The largest absolute Gasteiger partial charge is 0.409 e. The third kappa shape index (κ3) is 1.99. The number of nitrogens with one attached hydrogen (secondary N) is 1. The molecule has 0 atom stereocenters. The number of carbonyl (C=O) groups excluding carboxylic acids is 1. The predicted molar refractivity (Wildman–Crippen MR) is 60.1 cm³/mol. The Morgan fingerprint density at radius 3 is 2.44 bits per heavy atom. The van der Waals surface area contributed by atoms with Crippen molar-refractivity contribution in [3.05, 3.63) is 0 Å². The van der Waals surface area contributed by atoms with E-state index in [4.69, 9.17) is 10.9 Å². The Morgan fingerprint density at radius 2 is 1.94 bits per heavy atom. The third-order valence-corrected chi connectivity index (χ3v) is 3.72. The van der Waals surface area contributed by atoms with E-state index in [1.54, 1.807) is 0 Å². The molecule has 0 bridgehead atoms. The lowest BCUT2D eigenvalue weighted by Crippen LogP contribution is -2.45. The van der Waals surface area contributed by atoms with E-state index in [2.05, 4.69) is 10.5 Å². The van der Waals surface area contributed by atoms with Gasteiger partial charge >= 0.3 is 0 Å². The zero-order chi connectivity index (χ0) is 11.6. The van der Waals surface area contributed by atoms with Crippen molar-refractivity contribution < 1.29 is 10.0 Å². The molecule has 90 valence electrons. The second kappa shape index (κ2) is 4.31. The molecule has 0 unspecified atom stereocenters. The number of rotatable bonds is 3. The van der Waals surface area contributed by atoms with Crippen molar-refractivity contribution in [2.45, 2.75) is 51.0 Å². The van der Waals surface area contributed by atoms with Crippen molar-refractivity contribution in [2.24, 2.45) is 16.3 Å². The van der Waals surface area contributed by atoms with Gasteiger partial charge in [0.15, 0.2) is 5.84 Å². The molecule has 0 aromatic heterocycles. The minimum atomic E-state index is -0.702. The van der Waals surface area contributed by atoms with Gasteiger partial charge in [-0.15, -0.1) is 0 Å². The van der Waals surface area contributed by atoms with Gasteiger partial charge in [-0.05, 0) is 25.7 Å². The van der Waals surface area contributed by atoms with E-state index in [0.29, 0.717) is 12.8 Å². The van der Waals surface area contributed by atoms with E-state index in [9.17, 15) is 4.79 Å². The molecule has 0 radical (unpaired) electrons. The standard InChI is InChI=1S/C11H19N3O2/c12-9(14-16)11(6-7-11)10(15)13-8-4-2-1-3-5-8/h8,16H,1-7H2,(H2,12,14)(H,13,15). The molecule has 1 amide bonds. The molecule has 2 aliphatic carbocycles. The maximum atomic E-state index is 12.0. The summed E-state index contributed by atoms with van der Waals surface area (Å²) in [5.41, 5.74) is 4.86. The number of hydrogen-bond donors (Lipinski definition) is 3. The van der Waals surface area contributed by atoms with Gasteiger partial charge in [0.2, 0.25) is 5.91 Å². The van der Waals surface area contributed by atoms with Gasteiger partial charge < -0.3 is 16.3 Å². The van der Waals surface area contributed by atoms with Crippen LogP contribution in [0.25, 0.3) is 0 Å². The lowest BCUT2D eigenvalue weighted by molar-refractivity contribution is -0.125. The van der Waals surface area contributed by atoms with Crippen molar-refractivity contribution in [1.29, 1.82) is 0 Å². The normalized spacial score (nSPS) is 25.1. The molecule has 16 heavy (non-hydrogen) atoms. The third-order valence-electron chi connectivity index (χ3n) is 3.72. The minimum absolute atomic E-state index is 0.0563. The van der Waals surface area contributed by atoms with Crippen LogP contribution in [0.4, 0.5) is 0 Å². The SMILES string of the molecule is NC(=NO)C1(C(=O)NC2CCCCC2)CC1. The van der Waals surface area contributed by atoms with E-state index < -0.39 is 5.41 Å². The molecular formula is C11H19N3O2. The van der Waals surface area contributed by atoms with Crippen molar-refractivity contribution in [3.63, 3.8) is 0 Å². The van der Waals surface area contributed by atoms with Crippen molar-refractivity contribution in [3.8, 4) is 0 Å². The smallest absolute Gasteiger partial charge is 0.234 e. The highest BCUT2D eigenvalue weighted by Gasteiger charge is 2.54. The van der Waals surface area contributed by atoms with Crippen LogP contribution in [0.15, 0.2) is 5.16 Å². The highest BCUT2D eigenvalue weighted by Crippen LogP contribution is 2.46. The summed E-state index contributed by atoms with van der Waals surface area (Å²) < 4.78 is 0. The number of oxime groups is 1. The second-order valence-corrected chi connectivity index (χ2v) is 4.88. The van der Waals surface area contributed by atoms with Crippen LogP contribution in [0.5, 0.6) is 0 Å². The van der Waals surface area contributed by atoms with Gasteiger partial charge in [0.05, 0.1) is 0 Å². The Morgan fingerprint density at radius 1 is 1.31 bits per heavy atom. The summed E-state index contributed by atoms with van der Waals surface area (Å²) >= 11 is 0. The molecule has 0 saturated heterocycles. The maximum Gasteiger partial charge on any atom is 0.234 e. The summed E-state index contributed by atoms with van der Waals surface area (Å²) in [6, 6.07) is 0.283. The van der Waals surface area contributed by atoms with Crippen LogP contribution in [0.1, 0.15) is 44.9 Å². The topological polar surface area (TPSA) is 87.7 Å². The van der Waals surface area contributed by atoms with Crippen molar-refractivity contribution in [1.82, 2.24) is 5.32 Å². The summed E-state index contributed by atoms with van der Waals surface area (Å²) in [7, 11) is 0. The van der Waals surface area contributed by atoms with Crippen LogP contribution in [0.3, 0.4) is 0 Å². The van der Waals surface area contributed by atoms with E-state index in [-0.39, 0.29) is 17.8 Å². The Labute approximate surface area is 95.1 Å². The first-order chi connectivity index (χ1) is 7.69. The van der Waals surface area contributed by atoms with E-state index in [0.717, 1.165) is 12.8 Å². The van der Waals surface area contributed by atoms with Gasteiger partial charge in [-0.1, -0.05) is 24.4 Å². The van der Waals surface area contributed by atoms with Crippen LogP contribution in [-0.2, 0) is 4.79 Å². The predicted octanol–water partition coefficient (Wildman–Crippen LogP) is 0.962. The summed E-state index contributed by atoms with van der Waals surface area (Å²) in [5.74, 6) is -0.00416. The van der Waals surface area contributed by atoms with Gasteiger partial charge in [-0.2, -0.15) is 0 Å². The number of amides is 1. The fourth-order valence-electron chi connectivity index (χ4n) is 2.39. The van der Waals surface area contributed by atoms with Gasteiger partial charge in [-0.25, -0.2) is 0 Å². The van der Waals surface area contributed by atoms with Crippen LogP contribution >= 0.6 is 0 Å². The quantitative estimate of drug-likeness (QED) is 0.289. The number of hydrogen-bond acceptors (Lipinski definition) is 3. The molecule has 2 aliphatic rings. The second-order valence-electron chi connectivity index (χ2n) is 4.88. The highest BCUT2D eigenvalue weighted by molar-refractivity contribution is 6.09. The molecule has 0 aromatic carbocycles. The fourth-order valence-corrected chi connectivity index (χ4v) is 2.39. The van der Waals surface area contributed by atoms with Gasteiger partial charge in [0.25, 0.3) is 0 Å². The monoisotopic (exact) mass is 225 g/mol. The summed E-state index contributed by atoms with van der Waals surface area (Å²) in [5, 5.41) is 14.6. The Balaban J connectivity index is 1.92. The highest BCUT2D eigenvalue weighted by atomic mass is 16.4. The van der Waals surface area contributed by atoms with Crippen LogP contribution in [0.2, 0.25) is 0 Å².